The molecule has 0 saturated heterocycles. The van der Waals surface area contributed by atoms with E-state index in [0.717, 1.165) is 10.0 Å². The van der Waals surface area contributed by atoms with Gasteiger partial charge in [0.05, 0.1) is 12.1 Å². The molecule has 0 aliphatic carbocycles. The van der Waals surface area contributed by atoms with Gasteiger partial charge in [-0.05, 0) is 41.5 Å². The van der Waals surface area contributed by atoms with Crippen molar-refractivity contribution in [3.8, 4) is 11.5 Å². The van der Waals surface area contributed by atoms with Crippen molar-refractivity contribution in [1.29, 1.82) is 0 Å². The van der Waals surface area contributed by atoms with Gasteiger partial charge in [-0.3, -0.25) is 9.69 Å². The van der Waals surface area contributed by atoms with Crippen LogP contribution in [0.5, 0.6) is 0 Å². The van der Waals surface area contributed by atoms with Crippen LogP contribution < -0.4 is 0 Å². The van der Waals surface area contributed by atoms with Gasteiger partial charge >= 0.3 is 5.97 Å². The van der Waals surface area contributed by atoms with Crippen LogP contribution in [-0.2, 0) is 11.3 Å². The second kappa shape index (κ2) is 6.82. The number of carbonyl (C=O) groups is 1. The highest BCUT2D eigenvalue weighted by Gasteiger charge is 2.22. The first kappa shape index (κ1) is 15.7. The lowest BCUT2D eigenvalue weighted by molar-refractivity contribution is -0.143. The maximum absolute atomic E-state index is 11.1. The Kier molecular flexibility index (Phi) is 5.08. The first-order valence-electron chi connectivity index (χ1n) is 6.53. The van der Waals surface area contributed by atoms with Crippen LogP contribution in [0.4, 0.5) is 0 Å². The summed E-state index contributed by atoms with van der Waals surface area (Å²) in [6.07, 6.45) is 0.511. The minimum Gasteiger partial charge on any atom is -0.480 e. The average molecular weight is 354 g/mol. The Labute approximate surface area is 130 Å². The number of carboxylic acid groups (broad SMARTS) is 1. The summed E-state index contributed by atoms with van der Waals surface area (Å²) in [4.78, 5) is 12.8. The number of benzene rings is 1. The van der Waals surface area contributed by atoms with Crippen molar-refractivity contribution in [3.05, 3.63) is 34.6 Å². The molecule has 0 radical (unpaired) electrons. The number of hydrogen-bond donors (Lipinski definition) is 1. The molecule has 6 nitrogen and oxygen atoms in total. The number of aliphatic carboxylic acids is 1. The number of aromatic nitrogens is 2. The van der Waals surface area contributed by atoms with Gasteiger partial charge in [-0.2, -0.15) is 0 Å². The molecule has 0 bridgehead atoms. The molecule has 1 aromatic carbocycles. The molecule has 0 saturated carbocycles. The Bertz CT molecular complexity index is 629. The molecule has 0 aliphatic rings. The summed E-state index contributed by atoms with van der Waals surface area (Å²) in [5.41, 5.74) is 0.809. The highest BCUT2D eigenvalue weighted by molar-refractivity contribution is 9.10. The van der Waals surface area contributed by atoms with E-state index in [9.17, 15) is 4.79 Å². The summed E-state index contributed by atoms with van der Waals surface area (Å²) < 4.78 is 6.47. The van der Waals surface area contributed by atoms with Crippen LogP contribution in [0.1, 0.15) is 19.2 Å². The third-order valence-corrected chi connectivity index (χ3v) is 3.85. The van der Waals surface area contributed by atoms with E-state index in [1.165, 1.54) is 0 Å². The van der Waals surface area contributed by atoms with E-state index in [1.807, 2.05) is 31.2 Å². The number of halogens is 1. The fourth-order valence-electron chi connectivity index (χ4n) is 2.06. The molecule has 0 fully saturated rings. The monoisotopic (exact) mass is 353 g/mol. The Morgan fingerprint density at radius 2 is 2.14 bits per heavy atom. The fourth-order valence-corrected chi connectivity index (χ4v) is 2.51. The second-order valence-electron chi connectivity index (χ2n) is 4.66. The summed E-state index contributed by atoms with van der Waals surface area (Å²) in [6.45, 7) is 2.12. The van der Waals surface area contributed by atoms with E-state index in [2.05, 4.69) is 26.1 Å². The molecule has 1 atom stereocenters. The Hall–Kier alpha value is -1.73. The third-order valence-electron chi connectivity index (χ3n) is 3.16. The van der Waals surface area contributed by atoms with Crippen LogP contribution in [0.15, 0.2) is 33.2 Å². The quantitative estimate of drug-likeness (QED) is 0.859. The Morgan fingerprint density at radius 1 is 1.43 bits per heavy atom. The Balaban J connectivity index is 2.14. The van der Waals surface area contributed by atoms with E-state index >= 15 is 0 Å². The topological polar surface area (TPSA) is 79.5 Å². The number of likely N-dealkylation sites (N-methyl/N-ethyl adjacent to an activating group) is 1. The van der Waals surface area contributed by atoms with Gasteiger partial charge in [0.25, 0.3) is 0 Å². The molecule has 21 heavy (non-hydrogen) atoms. The van der Waals surface area contributed by atoms with E-state index < -0.39 is 12.0 Å². The van der Waals surface area contributed by atoms with Gasteiger partial charge in [0.2, 0.25) is 11.8 Å². The molecular weight excluding hydrogens is 338 g/mol. The third kappa shape index (κ3) is 3.68. The smallest absolute Gasteiger partial charge is 0.320 e. The van der Waals surface area contributed by atoms with Crippen molar-refractivity contribution in [2.75, 3.05) is 7.05 Å². The zero-order chi connectivity index (χ0) is 15.4. The molecule has 0 spiro atoms. The number of nitrogens with zero attached hydrogens (tertiary/aromatic N) is 3. The average Bonchev–Trinajstić information content (AvgIpc) is 2.87. The van der Waals surface area contributed by atoms with Gasteiger partial charge in [0, 0.05) is 4.47 Å². The molecule has 1 N–H and O–H groups in total. The summed E-state index contributed by atoms with van der Waals surface area (Å²) in [5.74, 6) is -0.0530. The molecule has 112 valence electrons. The summed E-state index contributed by atoms with van der Waals surface area (Å²) in [7, 11) is 1.73. The number of carboxylic acids is 1. The van der Waals surface area contributed by atoms with Gasteiger partial charge in [0.1, 0.15) is 6.04 Å². The van der Waals surface area contributed by atoms with Crippen molar-refractivity contribution >= 4 is 21.9 Å². The highest BCUT2D eigenvalue weighted by Crippen LogP contribution is 2.26. The molecule has 1 heterocycles. The van der Waals surface area contributed by atoms with Crippen LogP contribution in [0, 0.1) is 0 Å². The van der Waals surface area contributed by atoms with Crippen molar-refractivity contribution in [2.24, 2.45) is 0 Å². The molecule has 2 rings (SSSR count). The minimum absolute atomic E-state index is 0.294. The predicted octanol–water partition coefficient (Wildman–Crippen LogP) is 2.79. The van der Waals surface area contributed by atoms with E-state index in [4.69, 9.17) is 9.52 Å². The Morgan fingerprint density at radius 3 is 2.76 bits per heavy atom. The van der Waals surface area contributed by atoms with Crippen molar-refractivity contribution < 1.29 is 14.3 Å². The maximum Gasteiger partial charge on any atom is 0.320 e. The lowest BCUT2D eigenvalue weighted by Gasteiger charge is -2.21. The van der Waals surface area contributed by atoms with Crippen LogP contribution in [0.3, 0.4) is 0 Å². The van der Waals surface area contributed by atoms with Gasteiger partial charge in [-0.15, -0.1) is 10.2 Å². The van der Waals surface area contributed by atoms with Crippen molar-refractivity contribution in [2.45, 2.75) is 25.9 Å². The SMILES string of the molecule is CCC(C(=O)O)N(C)Cc1nnc(-c2ccccc2Br)o1. The van der Waals surface area contributed by atoms with E-state index in [-0.39, 0.29) is 0 Å². The maximum atomic E-state index is 11.1. The second-order valence-corrected chi connectivity index (χ2v) is 5.51. The molecule has 1 unspecified atom stereocenters. The standard InChI is InChI=1S/C14H16BrN3O3/c1-3-11(14(19)20)18(2)8-12-16-17-13(21-12)9-6-4-5-7-10(9)15/h4-7,11H,3,8H2,1-2H3,(H,19,20). The number of rotatable bonds is 6. The molecule has 0 amide bonds. The normalized spacial score (nSPS) is 12.6. The zero-order valence-electron chi connectivity index (χ0n) is 11.8. The van der Waals surface area contributed by atoms with Gasteiger partial charge in [0.15, 0.2) is 0 Å². The van der Waals surface area contributed by atoms with Crippen LogP contribution in [-0.4, -0.2) is 39.3 Å². The fraction of sp³-hybridized carbons (Fsp3) is 0.357. The lowest BCUT2D eigenvalue weighted by Crippen LogP contribution is -2.37. The van der Waals surface area contributed by atoms with Gasteiger partial charge in [-0.25, -0.2) is 0 Å². The number of hydrogen-bond acceptors (Lipinski definition) is 5. The van der Waals surface area contributed by atoms with Crippen LogP contribution in [0.2, 0.25) is 0 Å². The first-order chi connectivity index (χ1) is 10.0. The summed E-state index contributed by atoms with van der Waals surface area (Å²) >= 11 is 3.43. The minimum atomic E-state index is -0.856. The predicted molar refractivity (Wildman–Crippen MR) is 80.6 cm³/mol. The largest absolute Gasteiger partial charge is 0.480 e. The van der Waals surface area contributed by atoms with Crippen molar-refractivity contribution in [1.82, 2.24) is 15.1 Å². The zero-order valence-corrected chi connectivity index (χ0v) is 13.4. The van der Waals surface area contributed by atoms with Crippen molar-refractivity contribution in [3.63, 3.8) is 0 Å². The molecule has 2 aromatic rings. The van der Waals surface area contributed by atoms with Gasteiger partial charge in [-0.1, -0.05) is 19.1 Å². The summed E-state index contributed by atoms with van der Waals surface area (Å²) in [5, 5.41) is 17.1. The lowest BCUT2D eigenvalue weighted by atomic mass is 10.2. The van der Waals surface area contributed by atoms with Gasteiger partial charge < -0.3 is 9.52 Å². The molecule has 0 aliphatic heterocycles. The summed E-state index contributed by atoms with van der Waals surface area (Å²) in [6, 6.07) is 6.98. The van der Waals surface area contributed by atoms with E-state index in [0.29, 0.717) is 24.7 Å². The molecule has 7 heteroatoms. The molecular formula is C14H16BrN3O3. The molecule has 1 aromatic heterocycles. The first-order valence-corrected chi connectivity index (χ1v) is 7.32. The van der Waals surface area contributed by atoms with Crippen LogP contribution in [0.25, 0.3) is 11.5 Å². The van der Waals surface area contributed by atoms with E-state index in [1.54, 1.807) is 11.9 Å². The van der Waals surface area contributed by atoms with Crippen LogP contribution >= 0.6 is 15.9 Å². The highest BCUT2D eigenvalue weighted by atomic mass is 79.9.